The van der Waals surface area contributed by atoms with Gasteiger partial charge in [0.25, 0.3) is 5.91 Å². The van der Waals surface area contributed by atoms with Crippen LogP contribution in [0.4, 0.5) is 0 Å². The van der Waals surface area contributed by atoms with Crippen LogP contribution < -0.4 is 0 Å². The van der Waals surface area contributed by atoms with Crippen molar-refractivity contribution < 1.29 is 9.59 Å². The number of nitrogens with zero attached hydrogens (tertiary/aromatic N) is 2. The average molecular weight is 363 g/mol. The van der Waals surface area contributed by atoms with Gasteiger partial charge in [0.1, 0.15) is 0 Å². The maximum atomic E-state index is 12.9. The molecule has 4 nitrogen and oxygen atoms in total. The second-order valence-electron chi connectivity index (χ2n) is 7.14. The molecule has 2 heterocycles. The number of hydrogen-bond donors (Lipinski definition) is 0. The van der Waals surface area contributed by atoms with Crippen molar-refractivity contribution in [3.8, 4) is 0 Å². The van der Waals surface area contributed by atoms with Gasteiger partial charge in [-0.3, -0.25) is 9.59 Å². The highest BCUT2D eigenvalue weighted by molar-refractivity contribution is 6.33. The molecular formula is C20H27ClN2O2. The first kappa shape index (κ1) is 18.2. The number of piperidine rings is 2. The number of carbonyl (C=O) groups is 2. The SMILES string of the molecule is CC[C@@H]1CCCCN1C(=O)C1CCN(C(=O)c2ccccc2Cl)CC1. The molecule has 0 unspecified atom stereocenters. The van der Waals surface area contributed by atoms with Crippen LogP contribution in [0.2, 0.25) is 5.02 Å². The zero-order valence-corrected chi connectivity index (χ0v) is 15.7. The summed E-state index contributed by atoms with van der Waals surface area (Å²) in [4.78, 5) is 29.5. The van der Waals surface area contributed by atoms with Crippen LogP contribution in [0.1, 0.15) is 55.8 Å². The molecule has 1 aromatic carbocycles. The molecule has 0 radical (unpaired) electrons. The van der Waals surface area contributed by atoms with Crippen LogP contribution in [-0.4, -0.2) is 47.3 Å². The molecule has 0 bridgehead atoms. The summed E-state index contributed by atoms with van der Waals surface area (Å²) in [6, 6.07) is 7.57. The van der Waals surface area contributed by atoms with Crippen LogP contribution >= 0.6 is 11.6 Å². The molecule has 5 heteroatoms. The van der Waals surface area contributed by atoms with Gasteiger partial charge in [0.15, 0.2) is 0 Å². The van der Waals surface area contributed by atoms with Crippen molar-refractivity contribution in [3.63, 3.8) is 0 Å². The average Bonchev–Trinajstić information content (AvgIpc) is 2.67. The van der Waals surface area contributed by atoms with Crippen LogP contribution in [-0.2, 0) is 4.79 Å². The molecule has 3 rings (SSSR count). The van der Waals surface area contributed by atoms with Gasteiger partial charge in [-0.1, -0.05) is 30.7 Å². The molecule has 25 heavy (non-hydrogen) atoms. The van der Waals surface area contributed by atoms with Gasteiger partial charge in [-0.25, -0.2) is 0 Å². The fraction of sp³-hybridized carbons (Fsp3) is 0.600. The van der Waals surface area contributed by atoms with E-state index in [2.05, 4.69) is 11.8 Å². The fourth-order valence-corrected chi connectivity index (χ4v) is 4.30. The summed E-state index contributed by atoms with van der Waals surface area (Å²) >= 11 is 6.14. The number of rotatable bonds is 3. The van der Waals surface area contributed by atoms with E-state index in [4.69, 9.17) is 11.6 Å². The molecule has 2 saturated heterocycles. The van der Waals surface area contributed by atoms with E-state index >= 15 is 0 Å². The van der Waals surface area contributed by atoms with Gasteiger partial charge in [0, 0.05) is 31.6 Å². The van der Waals surface area contributed by atoms with Crippen molar-refractivity contribution in [3.05, 3.63) is 34.9 Å². The molecule has 2 amide bonds. The lowest BCUT2D eigenvalue weighted by Gasteiger charge is -2.39. The summed E-state index contributed by atoms with van der Waals surface area (Å²) in [7, 11) is 0. The van der Waals surface area contributed by atoms with E-state index in [1.807, 2.05) is 17.0 Å². The molecule has 0 aromatic heterocycles. The van der Waals surface area contributed by atoms with Gasteiger partial charge in [0.05, 0.1) is 10.6 Å². The van der Waals surface area contributed by atoms with Crippen molar-refractivity contribution in [2.24, 2.45) is 5.92 Å². The quantitative estimate of drug-likeness (QED) is 0.815. The maximum Gasteiger partial charge on any atom is 0.255 e. The third-order valence-electron chi connectivity index (χ3n) is 5.62. The second-order valence-corrected chi connectivity index (χ2v) is 7.54. The second kappa shape index (κ2) is 8.22. The summed E-state index contributed by atoms with van der Waals surface area (Å²) in [6.45, 7) is 4.33. The van der Waals surface area contributed by atoms with E-state index in [1.165, 1.54) is 6.42 Å². The maximum absolute atomic E-state index is 12.9. The number of likely N-dealkylation sites (tertiary alicyclic amines) is 2. The number of benzene rings is 1. The molecule has 0 spiro atoms. The lowest BCUT2D eigenvalue weighted by Crippen LogP contribution is -2.49. The van der Waals surface area contributed by atoms with Crippen LogP contribution in [0.5, 0.6) is 0 Å². The molecule has 2 fully saturated rings. The smallest absolute Gasteiger partial charge is 0.255 e. The number of carbonyl (C=O) groups excluding carboxylic acids is 2. The predicted octanol–water partition coefficient (Wildman–Crippen LogP) is 3.98. The molecule has 0 N–H and O–H groups in total. The van der Waals surface area contributed by atoms with Gasteiger partial charge in [0.2, 0.25) is 5.91 Å². The molecule has 136 valence electrons. The molecule has 1 aromatic rings. The summed E-state index contributed by atoms with van der Waals surface area (Å²) in [5.74, 6) is 0.333. The minimum atomic E-state index is -0.0269. The van der Waals surface area contributed by atoms with Gasteiger partial charge in [-0.15, -0.1) is 0 Å². The lowest BCUT2D eigenvalue weighted by atomic mass is 9.91. The number of halogens is 1. The summed E-state index contributed by atoms with van der Waals surface area (Å²) in [5.41, 5.74) is 0.552. The Balaban J connectivity index is 1.59. The Morgan fingerprint density at radius 1 is 1.08 bits per heavy atom. The monoisotopic (exact) mass is 362 g/mol. The molecule has 2 aliphatic rings. The van der Waals surface area contributed by atoms with E-state index in [0.29, 0.717) is 35.6 Å². The molecule has 0 saturated carbocycles. The highest BCUT2D eigenvalue weighted by Gasteiger charge is 2.34. The van der Waals surface area contributed by atoms with Crippen molar-refractivity contribution in [2.45, 2.75) is 51.5 Å². The normalized spacial score (nSPS) is 22.1. The Morgan fingerprint density at radius 2 is 1.80 bits per heavy atom. The minimum absolute atomic E-state index is 0.0269. The number of hydrogen-bond acceptors (Lipinski definition) is 2. The predicted molar refractivity (Wildman–Crippen MR) is 99.7 cm³/mol. The van der Waals surface area contributed by atoms with Gasteiger partial charge < -0.3 is 9.80 Å². The largest absolute Gasteiger partial charge is 0.339 e. The van der Waals surface area contributed by atoms with Crippen molar-refractivity contribution in [2.75, 3.05) is 19.6 Å². The van der Waals surface area contributed by atoms with Crippen molar-refractivity contribution >= 4 is 23.4 Å². The summed E-state index contributed by atoms with van der Waals surface area (Å²) < 4.78 is 0. The van der Waals surface area contributed by atoms with Gasteiger partial charge in [-0.2, -0.15) is 0 Å². The standard InChI is InChI=1S/C20H27ClN2O2/c1-2-16-7-5-6-12-23(16)19(24)15-10-13-22(14-11-15)20(25)17-8-3-4-9-18(17)21/h3-4,8-9,15-16H,2,5-7,10-14H2,1H3/t16-/m1/s1. The Hall–Kier alpha value is -1.55. The molecule has 0 aliphatic carbocycles. The highest BCUT2D eigenvalue weighted by Crippen LogP contribution is 2.27. The van der Waals surface area contributed by atoms with Crippen molar-refractivity contribution in [1.82, 2.24) is 9.80 Å². The van der Waals surface area contributed by atoms with Crippen LogP contribution in [0, 0.1) is 5.92 Å². The zero-order valence-electron chi connectivity index (χ0n) is 14.9. The Kier molecular flexibility index (Phi) is 6.00. The third kappa shape index (κ3) is 4.00. The van der Waals surface area contributed by atoms with Crippen molar-refractivity contribution in [1.29, 1.82) is 0 Å². The number of amides is 2. The van der Waals surface area contributed by atoms with E-state index in [-0.39, 0.29) is 11.8 Å². The highest BCUT2D eigenvalue weighted by atomic mass is 35.5. The lowest BCUT2D eigenvalue weighted by molar-refractivity contribution is -0.140. The van der Waals surface area contributed by atoms with Crippen LogP contribution in [0.3, 0.4) is 0 Å². The first-order valence-electron chi connectivity index (χ1n) is 9.46. The van der Waals surface area contributed by atoms with E-state index < -0.39 is 0 Å². The molecule has 1 atom stereocenters. The minimum Gasteiger partial charge on any atom is -0.339 e. The topological polar surface area (TPSA) is 40.6 Å². The molecular weight excluding hydrogens is 336 g/mol. The van der Waals surface area contributed by atoms with Crippen LogP contribution in [0.25, 0.3) is 0 Å². The Labute approximate surface area is 155 Å². The molecule has 2 aliphatic heterocycles. The zero-order chi connectivity index (χ0) is 17.8. The van der Waals surface area contributed by atoms with E-state index in [0.717, 1.165) is 38.6 Å². The van der Waals surface area contributed by atoms with E-state index in [9.17, 15) is 9.59 Å². The third-order valence-corrected chi connectivity index (χ3v) is 5.95. The summed E-state index contributed by atoms with van der Waals surface area (Å²) in [6.07, 6.45) is 6.02. The first-order chi connectivity index (χ1) is 12.1. The van der Waals surface area contributed by atoms with Gasteiger partial charge in [-0.05, 0) is 50.7 Å². The summed E-state index contributed by atoms with van der Waals surface area (Å²) in [5, 5.41) is 0.491. The van der Waals surface area contributed by atoms with Gasteiger partial charge >= 0.3 is 0 Å². The van der Waals surface area contributed by atoms with E-state index in [1.54, 1.807) is 12.1 Å². The Morgan fingerprint density at radius 3 is 2.48 bits per heavy atom. The fourth-order valence-electron chi connectivity index (χ4n) is 4.08. The first-order valence-corrected chi connectivity index (χ1v) is 9.84. The van der Waals surface area contributed by atoms with Crippen LogP contribution in [0.15, 0.2) is 24.3 Å². The Bertz CT molecular complexity index is 626.